The lowest BCUT2D eigenvalue weighted by molar-refractivity contribution is 0.277. The van der Waals surface area contributed by atoms with Crippen LogP contribution in [0.15, 0.2) is 0 Å². The summed E-state index contributed by atoms with van der Waals surface area (Å²) in [5, 5.41) is 7.75. The highest BCUT2D eigenvalue weighted by atomic mass is 15.3. The molecular weight excluding hydrogens is 214 g/mol. The number of aryl methyl sites for hydroxylation is 2. The van der Waals surface area contributed by atoms with Crippen molar-refractivity contribution >= 4 is 11.5 Å². The number of likely N-dealkylation sites (tertiary alicyclic amines) is 1. The third-order valence-corrected chi connectivity index (χ3v) is 3.68. The summed E-state index contributed by atoms with van der Waals surface area (Å²) in [5.74, 6) is 0.949. The fourth-order valence-electron chi connectivity index (χ4n) is 2.64. The Morgan fingerprint density at radius 1 is 1.53 bits per heavy atom. The van der Waals surface area contributed by atoms with Crippen LogP contribution in [0.3, 0.4) is 0 Å². The molecule has 96 valence electrons. The van der Waals surface area contributed by atoms with E-state index in [4.69, 9.17) is 5.73 Å². The summed E-state index contributed by atoms with van der Waals surface area (Å²) in [5.41, 5.74) is 7.66. The van der Waals surface area contributed by atoms with Gasteiger partial charge in [-0.2, -0.15) is 5.10 Å². The number of nitrogens with zero attached hydrogens (tertiary/aromatic N) is 3. The van der Waals surface area contributed by atoms with E-state index in [0.717, 1.165) is 30.3 Å². The highest BCUT2D eigenvalue weighted by Gasteiger charge is 2.23. The smallest absolute Gasteiger partial charge is 0.147 e. The van der Waals surface area contributed by atoms with Gasteiger partial charge in [0, 0.05) is 19.6 Å². The molecule has 0 aliphatic carbocycles. The number of hydrogen-bond acceptors (Lipinski definition) is 4. The molecule has 1 aliphatic heterocycles. The normalized spacial score (nSPS) is 21.0. The average molecular weight is 237 g/mol. The molecule has 1 fully saturated rings. The minimum atomic E-state index is 0.634. The van der Waals surface area contributed by atoms with Crippen molar-refractivity contribution in [3.05, 3.63) is 5.69 Å². The van der Waals surface area contributed by atoms with E-state index in [2.05, 4.69) is 22.2 Å². The number of nitrogen functional groups attached to an aromatic ring is 1. The predicted octanol–water partition coefficient (Wildman–Crippen LogP) is 1.21. The number of aromatic nitrogens is 2. The second kappa shape index (κ2) is 4.96. The van der Waals surface area contributed by atoms with E-state index in [-0.39, 0.29) is 0 Å². The standard InChI is InChI=1S/C12H23N5/c1-4-17-7-5-6-10(17)8-14-12-11(13)9(2)15-16(12)3/h10,14H,4-8,13H2,1-3H3. The second-order valence-electron chi connectivity index (χ2n) is 4.78. The van der Waals surface area contributed by atoms with Crippen LogP contribution in [-0.4, -0.2) is 40.4 Å². The number of nitrogens with two attached hydrogens (primary N) is 1. The molecule has 1 aromatic heterocycles. The Morgan fingerprint density at radius 2 is 2.29 bits per heavy atom. The maximum Gasteiger partial charge on any atom is 0.147 e. The van der Waals surface area contributed by atoms with Gasteiger partial charge in [-0.3, -0.25) is 9.58 Å². The van der Waals surface area contributed by atoms with Gasteiger partial charge in [0.1, 0.15) is 5.82 Å². The molecule has 0 radical (unpaired) electrons. The Bertz CT molecular complexity index is 384. The molecule has 2 rings (SSSR count). The summed E-state index contributed by atoms with van der Waals surface area (Å²) in [6, 6.07) is 0.634. The van der Waals surface area contributed by atoms with Crippen LogP contribution in [-0.2, 0) is 7.05 Å². The number of hydrogen-bond donors (Lipinski definition) is 2. The van der Waals surface area contributed by atoms with Crippen molar-refractivity contribution in [3.8, 4) is 0 Å². The van der Waals surface area contributed by atoms with Gasteiger partial charge in [-0.05, 0) is 32.9 Å². The summed E-state index contributed by atoms with van der Waals surface area (Å²) in [4.78, 5) is 2.52. The van der Waals surface area contributed by atoms with Crippen molar-refractivity contribution in [2.75, 3.05) is 30.7 Å². The first-order valence-electron chi connectivity index (χ1n) is 6.40. The minimum Gasteiger partial charge on any atom is -0.394 e. The number of nitrogens with one attached hydrogen (secondary N) is 1. The molecule has 1 aromatic rings. The summed E-state index contributed by atoms with van der Waals surface area (Å²) in [6.07, 6.45) is 2.58. The summed E-state index contributed by atoms with van der Waals surface area (Å²) in [7, 11) is 1.93. The zero-order chi connectivity index (χ0) is 12.4. The maximum absolute atomic E-state index is 6.00. The zero-order valence-corrected chi connectivity index (χ0v) is 11.0. The first-order valence-corrected chi connectivity index (χ1v) is 6.40. The molecule has 17 heavy (non-hydrogen) atoms. The third kappa shape index (κ3) is 2.39. The molecule has 0 bridgehead atoms. The summed E-state index contributed by atoms with van der Waals surface area (Å²) >= 11 is 0. The van der Waals surface area contributed by atoms with Crippen molar-refractivity contribution in [2.45, 2.75) is 32.7 Å². The third-order valence-electron chi connectivity index (χ3n) is 3.68. The van der Waals surface area contributed by atoms with Gasteiger partial charge in [-0.15, -0.1) is 0 Å². The average Bonchev–Trinajstić information content (AvgIpc) is 2.84. The minimum absolute atomic E-state index is 0.634. The molecule has 1 saturated heterocycles. The van der Waals surface area contributed by atoms with Crippen LogP contribution in [0.1, 0.15) is 25.5 Å². The number of rotatable bonds is 4. The first kappa shape index (κ1) is 12.2. The Hall–Kier alpha value is -1.23. The monoisotopic (exact) mass is 237 g/mol. The van der Waals surface area contributed by atoms with Gasteiger partial charge in [0.05, 0.1) is 11.4 Å². The van der Waals surface area contributed by atoms with Crippen molar-refractivity contribution in [1.82, 2.24) is 14.7 Å². The SMILES string of the molecule is CCN1CCCC1CNc1c(N)c(C)nn1C. The van der Waals surface area contributed by atoms with Crippen molar-refractivity contribution in [2.24, 2.45) is 7.05 Å². The van der Waals surface area contributed by atoms with E-state index in [1.807, 2.05) is 18.7 Å². The Labute approximate surface area is 103 Å². The van der Waals surface area contributed by atoms with Crippen molar-refractivity contribution in [3.63, 3.8) is 0 Å². The lowest BCUT2D eigenvalue weighted by Gasteiger charge is -2.23. The zero-order valence-electron chi connectivity index (χ0n) is 11.0. The molecule has 0 spiro atoms. The molecule has 2 heterocycles. The molecule has 3 N–H and O–H groups in total. The quantitative estimate of drug-likeness (QED) is 0.826. The number of anilines is 2. The lowest BCUT2D eigenvalue weighted by Crippen LogP contribution is -2.35. The van der Waals surface area contributed by atoms with Gasteiger partial charge in [0.15, 0.2) is 0 Å². The molecule has 5 heteroatoms. The molecular formula is C12H23N5. The lowest BCUT2D eigenvalue weighted by atomic mass is 10.2. The topological polar surface area (TPSA) is 59.1 Å². The number of likely N-dealkylation sites (N-methyl/N-ethyl adjacent to an activating group) is 1. The first-order chi connectivity index (χ1) is 8.13. The fraction of sp³-hybridized carbons (Fsp3) is 0.750. The molecule has 0 amide bonds. The summed E-state index contributed by atoms with van der Waals surface area (Å²) in [6.45, 7) is 7.47. The van der Waals surface area contributed by atoms with Crippen molar-refractivity contribution in [1.29, 1.82) is 0 Å². The molecule has 1 atom stereocenters. The van der Waals surface area contributed by atoms with Crippen LogP contribution in [0.2, 0.25) is 0 Å². The second-order valence-corrected chi connectivity index (χ2v) is 4.78. The summed E-state index contributed by atoms with van der Waals surface area (Å²) < 4.78 is 1.83. The van der Waals surface area contributed by atoms with E-state index in [0.29, 0.717) is 6.04 Å². The van der Waals surface area contributed by atoms with Gasteiger partial charge in [0.25, 0.3) is 0 Å². The molecule has 1 unspecified atom stereocenters. The van der Waals surface area contributed by atoms with Gasteiger partial charge in [0.2, 0.25) is 0 Å². The van der Waals surface area contributed by atoms with E-state index in [9.17, 15) is 0 Å². The van der Waals surface area contributed by atoms with Crippen LogP contribution in [0.4, 0.5) is 11.5 Å². The van der Waals surface area contributed by atoms with Gasteiger partial charge in [-0.25, -0.2) is 0 Å². The van der Waals surface area contributed by atoms with Crippen LogP contribution in [0, 0.1) is 6.92 Å². The van der Waals surface area contributed by atoms with Gasteiger partial charge in [-0.1, -0.05) is 6.92 Å². The Kier molecular flexibility index (Phi) is 3.57. The van der Waals surface area contributed by atoms with E-state index >= 15 is 0 Å². The highest BCUT2D eigenvalue weighted by molar-refractivity contribution is 5.64. The predicted molar refractivity (Wildman–Crippen MR) is 71.1 cm³/mol. The largest absolute Gasteiger partial charge is 0.394 e. The van der Waals surface area contributed by atoms with Crippen LogP contribution in [0.5, 0.6) is 0 Å². The molecule has 1 aliphatic rings. The van der Waals surface area contributed by atoms with Gasteiger partial charge < -0.3 is 11.1 Å². The van der Waals surface area contributed by atoms with E-state index in [1.165, 1.54) is 19.4 Å². The van der Waals surface area contributed by atoms with Crippen molar-refractivity contribution < 1.29 is 0 Å². The Morgan fingerprint density at radius 3 is 2.88 bits per heavy atom. The fourth-order valence-corrected chi connectivity index (χ4v) is 2.64. The Balaban J connectivity index is 1.97. The highest BCUT2D eigenvalue weighted by Crippen LogP contribution is 2.22. The molecule has 0 saturated carbocycles. The maximum atomic E-state index is 6.00. The van der Waals surface area contributed by atoms with Crippen LogP contribution >= 0.6 is 0 Å². The van der Waals surface area contributed by atoms with Gasteiger partial charge >= 0.3 is 0 Å². The molecule has 5 nitrogen and oxygen atoms in total. The van der Waals surface area contributed by atoms with E-state index in [1.54, 1.807) is 0 Å². The van der Waals surface area contributed by atoms with E-state index < -0.39 is 0 Å². The van der Waals surface area contributed by atoms with Crippen LogP contribution in [0.25, 0.3) is 0 Å². The van der Waals surface area contributed by atoms with Crippen LogP contribution < -0.4 is 11.1 Å². The molecule has 0 aromatic carbocycles.